The first-order valence-corrected chi connectivity index (χ1v) is 7.97. The zero-order chi connectivity index (χ0) is 16.9. The number of nitrogens with zero attached hydrogens (tertiary/aromatic N) is 1. The fraction of sp³-hybridized carbons (Fsp3) is 0.875. The molecular weight excluding hydrogens is 284 g/mol. The second kappa shape index (κ2) is 7.81. The van der Waals surface area contributed by atoms with Gasteiger partial charge in [0.2, 0.25) is 0 Å². The highest BCUT2D eigenvalue weighted by Crippen LogP contribution is 2.24. The highest BCUT2D eigenvalue weighted by Gasteiger charge is 2.33. The van der Waals surface area contributed by atoms with Crippen LogP contribution in [0.15, 0.2) is 0 Å². The van der Waals surface area contributed by atoms with Gasteiger partial charge in [-0.05, 0) is 53.9 Å². The molecule has 0 saturated carbocycles. The van der Waals surface area contributed by atoms with Crippen LogP contribution in [-0.2, 0) is 14.3 Å². The van der Waals surface area contributed by atoms with Crippen LogP contribution in [0.1, 0.15) is 53.9 Å². The molecule has 1 saturated heterocycles. The summed E-state index contributed by atoms with van der Waals surface area (Å²) in [6.45, 7) is 10.2. The Bertz CT molecular complexity index is 392. The molecule has 1 aliphatic rings. The van der Waals surface area contributed by atoms with E-state index in [4.69, 9.17) is 9.47 Å². The minimum atomic E-state index is -0.479. The lowest BCUT2D eigenvalue weighted by atomic mass is 10.1. The second-order valence-corrected chi connectivity index (χ2v) is 7.02. The maximum absolute atomic E-state index is 12.2. The minimum absolute atomic E-state index is 0.113. The lowest BCUT2D eigenvalue weighted by Crippen LogP contribution is -2.45. The maximum Gasteiger partial charge on any atom is 0.410 e. The predicted octanol–water partition coefficient (Wildman–Crippen LogP) is 2.32. The smallest absolute Gasteiger partial charge is 0.410 e. The molecule has 3 atom stereocenters. The quantitative estimate of drug-likeness (QED) is 0.789. The van der Waals surface area contributed by atoms with E-state index in [1.165, 1.54) is 7.11 Å². The van der Waals surface area contributed by atoms with Gasteiger partial charge in [-0.2, -0.15) is 0 Å². The molecule has 6 nitrogen and oxygen atoms in total. The van der Waals surface area contributed by atoms with Gasteiger partial charge in [0, 0.05) is 18.6 Å². The molecule has 0 bridgehead atoms. The predicted molar refractivity (Wildman–Crippen MR) is 84.7 cm³/mol. The van der Waals surface area contributed by atoms with Crippen molar-refractivity contribution in [3.8, 4) is 0 Å². The van der Waals surface area contributed by atoms with Gasteiger partial charge in [0.15, 0.2) is 0 Å². The topological polar surface area (TPSA) is 67.9 Å². The van der Waals surface area contributed by atoms with Gasteiger partial charge >= 0.3 is 12.1 Å². The van der Waals surface area contributed by atoms with E-state index in [-0.39, 0.29) is 30.2 Å². The largest absolute Gasteiger partial charge is 0.468 e. The molecule has 1 aliphatic heterocycles. The molecule has 2 unspecified atom stereocenters. The first-order valence-electron chi connectivity index (χ1n) is 7.97. The standard InChI is InChI=1S/C16H30N2O4/c1-11(17-12(2)14(19)21-6)10-13-8-7-9-18(13)15(20)22-16(3,4)5/h11-13,17H,7-10H2,1-6H3/t11?,12-,13?/m0/s1. The van der Waals surface area contributed by atoms with E-state index in [9.17, 15) is 9.59 Å². The Balaban J connectivity index is 2.53. The molecule has 0 spiro atoms. The van der Waals surface area contributed by atoms with Crippen LogP contribution in [0, 0.1) is 0 Å². The number of amides is 1. The van der Waals surface area contributed by atoms with Crippen molar-refractivity contribution >= 4 is 12.1 Å². The SMILES string of the molecule is COC(=O)[C@H](C)NC(C)CC1CCCN1C(=O)OC(C)(C)C. The molecule has 1 rings (SSSR count). The van der Waals surface area contributed by atoms with E-state index in [2.05, 4.69) is 5.32 Å². The summed E-state index contributed by atoms with van der Waals surface area (Å²) in [5, 5.41) is 3.21. The van der Waals surface area contributed by atoms with Crippen molar-refractivity contribution in [2.24, 2.45) is 0 Å². The number of likely N-dealkylation sites (tertiary alicyclic amines) is 1. The average molecular weight is 314 g/mol. The number of hydrogen-bond donors (Lipinski definition) is 1. The molecular formula is C16H30N2O4. The van der Waals surface area contributed by atoms with E-state index in [0.29, 0.717) is 0 Å². The molecule has 1 N–H and O–H groups in total. The molecule has 1 fully saturated rings. The number of nitrogens with one attached hydrogen (secondary N) is 1. The number of rotatable bonds is 5. The summed E-state index contributed by atoms with van der Waals surface area (Å²) >= 11 is 0. The summed E-state index contributed by atoms with van der Waals surface area (Å²) in [5.74, 6) is -0.276. The van der Waals surface area contributed by atoms with Crippen molar-refractivity contribution in [2.75, 3.05) is 13.7 Å². The van der Waals surface area contributed by atoms with E-state index >= 15 is 0 Å². The highest BCUT2D eigenvalue weighted by atomic mass is 16.6. The Morgan fingerprint density at radius 1 is 1.32 bits per heavy atom. The first-order chi connectivity index (χ1) is 10.1. The molecule has 22 heavy (non-hydrogen) atoms. The average Bonchev–Trinajstić information content (AvgIpc) is 2.83. The van der Waals surface area contributed by atoms with Gasteiger partial charge in [-0.25, -0.2) is 4.79 Å². The van der Waals surface area contributed by atoms with Crippen molar-refractivity contribution in [3.63, 3.8) is 0 Å². The molecule has 0 radical (unpaired) electrons. The van der Waals surface area contributed by atoms with Crippen LogP contribution in [0.4, 0.5) is 4.79 Å². The van der Waals surface area contributed by atoms with Gasteiger partial charge in [-0.1, -0.05) is 0 Å². The van der Waals surface area contributed by atoms with Crippen LogP contribution in [0.5, 0.6) is 0 Å². The lowest BCUT2D eigenvalue weighted by Gasteiger charge is -2.30. The number of ether oxygens (including phenoxy) is 2. The van der Waals surface area contributed by atoms with E-state index < -0.39 is 5.60 Å². The number of methoxy groups -OCH3 is 1. The Morgan fingerprint density at radius 2 is 1.95 bits per heavy atom. The van der Waals surface area contributed by atoms with Crippen LogP contribution in [0.3, 0.4) is 0 Å². The van der Waals surface area contributed by atoms with E-state index in [1.54, 1.807) is 6.92 Å². The number of carbonyl (C=O) groups is 2. The Labute approximate surface area is 133 Å². The number of hydrogen-bond acceptors (Lipinski definition) is 5. The Hall–Kier alpha value is -1.30. The third-order valence-electron chi connectivity index (χ3n) is 3.72. The lowest BCUT2D eigenvalue weighted by molar-refractivity contribution is -0.142. The summed E-state index contributed by atoms with van der Waals surface area (Å²) in [5.41, 5.74) is -0.479. The monoisotopic (exact) mass is 314 g/mol. The van der Waals surface area contributed by atoms with Crippen molar-refractivity contribution in [2.45, 2.75) is 77.6 Å². The molecule has 6 heteroatoms. The summed E-state index contributed by atoms with van der Waals surface area (Å²) in [6, 6.07) is -0.0827. The van der Waals surface area contributed by atoms with Crippen LogP contribution in [0.25, 0.3) is 0 Å². The first kappa shape index (κ1) is 18.7. The molecule has 0 aromatic rings. The van der Waals surface area contributed by atoms with Gasteiger partial charge in [0.05, 0.1) is 7.11 Å². The second-order valence-electron chi connectivity index (χ2n) is 7.02. The molecule has 1 heterocycles. The Morgan fingerprint density at radius 3 is 2.50 bits per heavy atom. The number of esters is 1. The fourth-order valence-electron chi connectivity index (χ4n) is 2.79. The molecule has 0 aromatic heterocycles. The van der Waals surface area contributed by atoms with Crippen LogP contribution in [0.2, 0.25) is 0 Å². The molecule has 1 amide bonds. The van der Waals surface area contributed by atoms with Gasteiger partial charge < -0.3 is 19.7 Å². The van der Waals surface area contributed by atoms with Gasteiger partial charge in [0.25, 0.3) is 0 Å². The zero-order valence-corrected chi connectivity index (χ0v) is 14.6. The number of carbonyl (C=O) groups excluding carboxylic acids is 2. The van der Waals surface area contributed by atoms with Crippen molar-refractivity contribution in [1.82, 2.24) is 10.2 Å². The molecule has 128 valence electrons. The van der Waals surface area contributed by atoms with Gasteiger partial charge in [-0.15, -0.1) is 0 Å². The van der Waals surface area contributed by atoms with E-state index in [0.717, 1.165) is 25.8 Å². The summed E-state index contributed by atoms with van der Waals surface area (Å²) in [4.78, 5) is 25.5. The zero-order valence-electron chi connectivity index (χ0n) is 14.6. The summed E-state index contributed by atoms with van der Waals surface area (Å²) < 4.78 is 10.2. The van der Waals surface area contributed by atoms with Crippen molar-refractivity contribution in [3.05, 3.63) is 0 Å². The van der Waals surface area contributed by atoms with Crippen LogP contribution >= 0.6 is 0 Å². The summed E-state index contributed by atoms with van der Waals surface area (Å²) in [7, 11) is 1.38. The molecule has 0 aromatic carbocycles. The van der Waals surface area contributed by atoms with Crippen molar-refractivity contribution < 1.29 is 19.1 Å². The van der Waals surface area contributed by atoms with Gasteiger partial charge in [-0.3, -0.25) is 4.79 Å². The van der Waals surface area contributed by atoms with Crippen LogP contribution < -0.4 is 5.32 Å². The summed E-state index contributed by atoms with van der Waals surface area (Å²) in [6.07, 6.45) is 2.50. The Kier molecular flexibility index (Phi) is 6.66. The fourth-order valence-corrected chi connectivity index (χ4v) is 2.79. The third-order valence-corrected chi connectivity index (χ3v) is 3.72. The maximum atomic E-state index is 12.2. The third kappa shape index (κ3) is 5.83. The van der Waals surface area contributed by atoms with Crippen molar-refractivity contribution in [1.29, 1.82) is 0 Å². The van der Waals surface area contributed by atoms with Gasteiger partial charge in [0.1, 0.15) is 11.6 Å². The van der Waals surface area contributed by atoms with Crippen LogP contribution in [-0.4, -0.2) is 54.3 Å². The van der Waals surface area contributed by atoms with E-state index in [1.807, 2.05) is 32.6 Å². The highest BCUT2D eigenvalue weighted by molar-refractivity contribution is 5.75. The minimum Gasteiger partial charge on any atom is -0.468 e. The molecule has 0 aliphatic carbocycles. The normalized spacial score (nSPS) is 21.4.